The third-order valence-electron chi connectivity index (χ3n) is 3.71. The van der Waals surface area contributed by atoms with Crippen LogP contribution in [0.3, 0.4) is 0 Å². The summed E-state index contributed by atoms with van der Waals surface area (Å²) < 4.78 is 0. The van der Waals surface area contributed by atoms with Crippen LogP contribution in [0.4, 0.5) is 0 Å². The number of carbonyl (C=O) groups is 1. The highest BCUT2D eigenvalue weighted by Crippen LogP contribution is 2.17. The molecule has 1 aliphatic rings. The molecule has 0 saturated carbocycles. The fourth-order valence-electron chi connectivity index (χ4n) is 2.45. The predicted octanol–water partition coefficient (Wildman–Crippen LogP) is 1.31. The van der Waals surface area contributed by atoms with Gasteiger partial charge in [-0.3, -0.25) is 20.1 Å². The van der Waals surface area contributed by atoms with Crippen molar-refractivity contribution in [2.75, 3.05) is 13.1 Å². The first-order chi connectivity index (χ1) is 9.19. The first-order valence-electron chi connectivity index (χ1n) is 6.87. The van der Waals surface area contributed by atoms with Crippen LogP contribution in [0.1, 0.15) is 42.2 Å². The third kappa shape index (κ3) is 4.01. The van der Waals surface area contributed by atoms with Gasteiger partial charge < -0.3 is 0 Å². The van der Waals surface area contributed by atoms with Gasteiger partial charge in [0, 0.05) is 12.7 Å². The lowest BCUT2D eigenvalue weighted by atomic mass is 10.0. The summed E-state index contributed by atoms with van der Waals surface area (Å²) >= 11 is 0. The van der Waals surface area contributed by atoms with Gasteiger partial charge in [-0.05, 0) is 50.4 Å². The number of carbonyl (C=O) groups excluding carboxylic acids is 1. The second-order valence-electron chi connectivity index (χ2n) is 5.32. The highest BCUT2D eigenvalue weighted by Gasteiger charge is 2.14. The lowest BCUT2D eigenvalue weighted by molar-refractivity contribution is 0.0953. The van der Waals surface area contributed by atoms with Gasteiger partial charge in [-0.25, -0.2) is 5.84 Å². The molecule has 104 valence electrons. The summed E-state index contributed by atoms with van der Waals surface area (Å²) in [6.07, 6.45) is 5.42. The van der Waals surface area contributed by atoms with Gasteiger partial charge in [0.25, 0.3) is 5.91 Å². The van der Waals surface area contributed by atoms with E-state index in [1.54, 1.807) is 12.3 Å². The number of nitrogens with one attached hydrogen (secondary N) is 1. The molecule has 1 saturated heterocycles. The number of rotatable bonds is 3. The maximum absolute atomic E-state index is 11.3. The second kappa shape index (κ2) is 6.63. The molecule has 5 heteroatoms. The second-order valence-corrected chi connectivity index (χ2v) is 5.32. The Kier molecular flexibility index (Phi) is 4.87. The zero-order valence-corrected chi connectivity index (χ0v) is 11.4. The molecule has 0 aliphatic carbocycles. The van der Waals surface area contributed by atoms with Crippen LogP contribution in [0.15, 0.2) is 18.3 Å². The summed E-state index contributed by atoms with van der Waals surface area (Å²) in [7, 11) is 0. The first-order valence-corrected chi connectivity index (χ1v) is 6.87. The molecular weight excluding hydrogens is 240 g/mol. The van der Waals surface area contributed by atoms with Crippen molar-refractivity contribution in [2.24, 2.45) is 11.8 Å². The minimum atomic E-state index is -0.303. The maximum atomic E-state index is 11.3. The van der Waals surface area contributed by atoms with Crippen molar-refractivity contribution in [3.8, 4) is 0 Å². The SMILES string of the molecule is CC1CCCN(Cc2ccc(C(=O)NN)cn2)CC1. The largest absolute Gasteiger partial charge is 0.298 e. The van der Waals surface area contributed by atoms with Crippen LogP contribution in [0, 0.1) is 5.92 Å². The smallest absolute Gasteiger partial charge is 0.266 e. The van der Waals surface area contributed by atoms with Crippen molar-refractivity contribution in [3.63, 3.8) is 0 Å². The first kappa shape index (κ1) is 14.0. The van der Waals surface area contributed by atoms with Gasteiger partial charge >= 0.3 is 0 Å². The molecule has 1 fully saturated rings. The number of amides is 1. The average Bonchev–Trinajstić information content (AvgIpc) is 2.64. The average molecular weight is 262 g/mol. The van der Waals surface area contributed by atoms with Crippen molar-refractivity contribution in [1.82, 2.24) is 15.3 Å². The number of nitrogens with zero attached hydrogens (tertiary/aromatic N) is 2. The van der Waals surface area contributed by atoms with Crippen molar-refractivity contribution in [3.05, 3.63) is 29.6 Å². The Morgan fingerprint density at radius 1 is 1.47 bits per heavy atom. The molecule has 1 aromatic heterocycles. The Morgan fingerprint density at radius 2 is 2.32 bits per heavy atom. The van der Waals surface area contributed by atoms with Crippen LogP contribution in [0.2, 0.25) is 0 Å². The van der Waals surface area contributed by atoms with E-state index in [-0.39, 0.29) is 5.91 Å². The summed E-state index contributed by atoms with van der Waals surface area (Å²) in [4.78, 5) is 18.1. The van der Waals surface area contributed by atoms with Gasteiger partial charge in [-0.2, -0.15) is 0 Å². The van der Waals surface area contributed by atoms with Crippen LogP contribution in [-0.4, -0.2) is 28.9 Å². The van der Waals surface area contributed by atoms with Gasteiger partial charge in [0.15, 0.2) is 0 Å². The predicted molar refractivity (Wildman–Crippen MR) is 74.2 cm³/mol. The quantitative estimate of drug-likeness (QED) is 0.489. The molecule has 3 N–H and O–H groups in total. The van der Waals surface area contributed by atoms with E-state index in [1.165, 1.54) is 19.3 Å². The molecule has 19 heavy (non-hydrogen) atoms. The minimum Gasteiger partial charge on any atom is -0.298 e. The summed E-state index contributed by atoms with van der Waals surface area (Å²) in [5.41, 5.74) is 3.60. The van der Waals surface area contributed by atoms with Crippen molar-refractivity contribution >= 4 is 5.91 Å². The number of nitrogen functional groups attached to an aromatic ring is 1. The number of hydrazine groups is 1. The molecule has 5 nitrogen and oxygen atoms in total. The van der Waals surface area contributed by atoms with E-state index in [1.807, 2.05) is 6.07 Å². The number of likely N-dealkylation sites (tertiary alicyclic amines) is 1. The van der Waals surface area contributed by atoms with E-state index in [4.69, 9.17) is 5.84 Å². The minimum absolute atomic E-state index is 0.303. The van der Waals surface area contributed by atoms with Crippen LogP contribution in [-0.2, 0) is 6.54 Å². The van der Waals surface area contributed by atoms with Gasteiger partial charge in [-0.1, -0.05) is 6.92 Å². The fraction of sp³-hybridized carbons (Fsp3) is 0.571. The monoisotopic (exact) mass is 262 g/mol. The van der Waals surface area contributed by atoms with E-state index in [0.29, 0.717) is 5.56 Å². The zero-order chi connectivity index (χ0) is 13.7. The number of hydrogen-bond donors (Lipinski definition) is 2. The molecule has 1 atom stereocenters. The molecule has 0 spiro atoms. The molecule has 1 aliphatic heterocycles. The molecule has 1 amide bonds. The van der Waals surface area contributed by atoms with Crippen LogP contribution < -0.4 is 11.3 Å². The van der Waals surface area contributed by atoms with Crippen LogP contribution >= 0.6 is 0 Å². The number of nitrogens with two attached hydrogens (primary N) is 1. The van der Waals surface area contributed by atoms with Crippen LogP contribution in [0.5, 0.6) is 0 Å². The Morgan fingerprint density at radius 3 is 3.00 bits per heavy atom. The van der Waals surface area contributed by atoms with Gasteiger partial charge in [0.05, 0.1) is 11.3 Å². The lowest BCUT2D eigenvalue weighted by Gasteiger charge is -2.19. The van der Waals surface area contributed by atoms with E-state index >= 15 is 0 Å². The van der Waals surface area contributed by atoms with Gasteiger partial charge in [0.2, 0.25) is 0 Å². The van der Waals surface area contributed by atoms with E-state index in [2.05, 4.69) is 22.2 Å². The van der Waals surface area contributed by atoms with Gasteiger partial charge in [-0.15, -0.1) is 0 Å². The van der Waals surface area contributed by atoms with Crippen LogP contribution in [0.25, 0.3) is 0 Å². The molecule has 1 aromatic rings. The number of hydrogen-bond acceptors (Lipinski definition) is 4. The normalized spacial score (nSPS) is 20.8. The van der Waals surface area contributed by atoms with E-state index in [0.717, 1.165) is 31.2 Å². The molecule has 2 heterocycles. The van der Waals surface area contributed by atoms with Gasteiger partial charge in [0.1, 0.15) is 0 Å². The molecule has 1 unspecified atom stereocenters. The Labute approximate surface area is 114 Å². The summed E-state index contributed by atoms with van der Waals surface area (Å²) in [5, 5.41) is 0. The standard InChI is InChI=1S/C14H22N4O/c1-11-3-2-7-18(8-6-11)10-13-5-4-12(9-16-13)14(19)17-15/h4-5,9,11H,2-3,6-8,10,15H2,1H3,(H,17,19). The molecular formula is C14H22N4O. The summed E-state index contributed by atoms with van der Waals surface area (Å²) in [6.45, 7) is 5.45. The lowest BCUT2D eigenvalue weighted by Crippen LogP contribution is -2.30. The number of pyridine rings is 1. The fourth-order valence-corrected chi connectivity index (χ4v) is 2.45. The molecule has 2 rings (SSSR count). The summed E-state index contributed by atoms with van der Waals surface area (Å²) in [6, 6.07) is 3.67. The Balaban J connectivity index is 1.93. The molecule has 0 aromatic carbocycles. The maximum Gasteiger partial charge on any atom is 0.266 e. The highest BCUT2D eigenvalue weighted by atomic mass is 16.2. The van der Waals surface area contributed by atoms with E-state index < -0.39 is 0 Å². The molecule has 0 radical (unpaired) electrons. The molecule has 0 bridgehead atoms. The zero-order valence-electron chi connectivity index (χ0n) is 11.4. The van der Waals surface area contributed by atoms with E-state index in [9.17, 15) is 4.79 Å². The number of aromatic nitrogens is 1. The highest BCUT2D eigenvalue weighted by molar-refractivity contribution is 5.93. The summed E-state index contributed by atoms with van der Waals surface area (Å²) in [5.74, 6) is 5.61. The van der Waals surface area contributed by atoms with Crippen molar-refractivity contribution in [1.29, 1.82) is 0 Å². The third-order valence-corrected chi connectivity index (χ3v) is 3.71. The Bertz CT molecular complexity index is 418. The topological polar surface area (TPSA) is 71.2 Å². The Hall–Kier alpha value is -1.46. The van der Waals surface area contributed by atoms with Crippen molar-refractivity contribution < 1.29 is 4.79 Å². The van der Waals surface area contributed by atoms with Crippen molar-refractivity contribution in [2.45, 2.75) is 32.7 Å².